The van der Waals surface area contributed by atoms with E-state index in [0.29, 0.717) is 43.7 Å². The van der Waals surface area contributed by atoms with E-state index in [-0.39, 0.29) is 35.8 Å². The van der Waals surface area contributed by atoms with Crippen LogP contribution in [0.3, 0.4) is 0 Å². The molecule has 0 bridgehead atoms. The Bertz CT molecular complexity index is 1620. The first-order valence-electron chi connectivity index (χ1n) is 17.5. The van der Waals surface area contributed by atoms with Gasteiger partial charge in [-0.15, -0.1) is 10.8 Å². The number of carbonyl (C=O) groups is 2. The predicted molar refractivity (Wildman–Crippen MR) is 197 cm³/mol. The fourth-order valence-electron chi connectivity index (χ4n) is 6.24. The molecule has 5 N–H and O–H groups in total. The molecule has 0 spiro atoms. The Hall–Kier alpha value is -3.62. The second kappa shape index (κ2) is 17.3. The van der Waals surface area contributed by atoms with E-state index in [0.717, 1.165) is 30.5 Å². The number of anilines is 1. The Balaban J connectivity index is 1.65. The lowest BCUT2D eigenvalue weighted by atomic mass is 9.92. The zero-order valence-electron chi connectivity index (χ0n) is 29.7. The highest BCUT2D eigenvalue weighted by atomic mass is 32.3. The van der Waals surface area contributed by atoms with E-state index < -0.39 is 46.1 Å². The molecule has 3 aromatic carbocycles. The lowest BCUT2D eigenvalue weighted by Crippen LogP contribution is -2.51. The van der Waals surface area contributed by atoms with E-state index in [1.165, 1.54) is 22.5 Å². The molecule has 0 saturated carbocycles. The zero-order chi connectivity index (χ0) is 37.4. The van der Waals surface area contributed by atoms with Gasteiger partial charge in [-0.25, -0.2) is 0 Å². The Labute approximate surface area is 300 Å². The van der Waals surface area contributed by atoms with Crippen molar-refractivity contribution in [1.82, 2.24) is 15.5 Å². The molecule has 51 heavy (non-hydrogen) atoms. The van der Waals surface area contributed by atoms with Gasteiger partial charge in [0.15, 0.2) is 0 Å². The van der Waals surface area contributed by atoms with Gasteiger partial charge in [-0.05, 0) is 87.4 Å². The van der Waals surface area contributed by atoms with Gasteiger partial charge in [-0.3, -0.25) is 23.0 Å². The summed E-state index contributed by atoms with van der Waals surface area (Å²) in [5.74, 6) is -0.668. The smallest absolute Gasteiger partial charge is 0.390 e. The number of benzene rings is 3. The Kier molecular flexibility index (Phi) is 13.6. The number of rotatable bonds is 15. The van der Waals surface area contributed by atoms with Crippen molar-refractivity contribution in [3.8, 4) is 0 Å². The van der Waals surface area contributed by atoms with Crippen molar-refractivity contribution in [2.45, 2.75) is 83.7 Å². The van der Waals surface area contributed by atoms with Crippen LogP contribution in [0.15, 0.2) is 72.8 Å². The van der Waals surface area contributed by atoms with Crippen LogP contribution in [0.25, 0.3) is 0 Å². The largest absolute Gasteiger partial charge is 0.416 e. The first-order valence-corrected chi connectivity index (χ1v) is 19.2. The SMILES string of the molecule is CCCN(CCC)C(=O)c1cc(C(=O)NC(Cc2ccccc2)C(O)CNC(C)(C)c2cccc(C(F)(F)F)c2)cc(N2CCCCS2(O)O)c1. The van der Waals surface area contributed by atoms with E-state index in [9.17, 15) is 37.0 Å². The average molecular weight is 733 g/mol. The van der Waals surface area contributed by atoms with Gasteiger partial charge < -0.3 is 20.6 Å². The van der Waals surface area contributed by atoms with Gasteiger partial charge in [-0.1, -0.05) is 56.3 Å². The topological polar surface area (TPSA) is 125 Å². The second-order valence-electron chi connectivity index (χ2n) is 13.6. The van der Waals surface area contributed by atoms with Gasteiger partial charge >= 0.3 is 6.18 Å². The summed E-state index contributed by atoms with van der Waals surface area (Å²) in [6, 6.07) is 18.1. The van der Waals surface area contributed by atoms with Crippen LogP contribution in [0.4, 0.5) is 18.9 Å². The van der Waals surface area contributed by atoms with E-state index in [1.54, 1.807) is 30.9 Å². The number of hydrogen-bond donors (Lipinski definition) is 5. The molecule has 1 aliphatic heterocycles. The Morgan fingerprint density at radius 1 is 0.902 bits per heavy atom. The highest BCUT2D eigenvalue weighted by molar-refractivity contribution is 8.25. The number of aliphatic hydroxyl groups is 1. The second-order valence-corrected chi connectivity index (χ2v) is 15.7. The molecule has 0 aromatic heterocycles. The fourth-order valence-corrected chi connectivity index (χ4v) is 7.92. The first-order chi connectivity index (χ1) is 24.1. The Morgan fingerprint density at radius 2 is 1.55 bits per heavy atom. The van der Waals surface area contributed by atoms with Crippen molar-refractivity contribution in [3.63, 3.8) is 0 Å². The van der Waals surface area contributed by atoms with Crippen LogP contribution in [0.2, 0.25) is 0 Å². The summed E-state index contributed by atoms with van der Waals surface area (Å²) in [5, 5.41) is 17.7. The van der Waals surface area contributed by atoms with Crippen LogP contribution in [-0.2, 0) is 18.1 Å². The summed E-state index contributed by atoms with van der Waals surface area (Å²) < 4.78 is 63.7. The van der Waals surface area contributed by atoms with Crippen LogP contribution in [0, 0.1) is 0 Å². The van der Waals surface area contributed by atoms with Crippen LogP contribution in [0.1, 0.15) is 90.8 Å². The molecule has 3 aromatic rings. The van der Waals surface area contributed by atoms with Crippen LogP contribution in [-0.4, -0.2) is 75.0 Å². The standard InChI is InChI=1S/C38H51F3N4O5S/c1-5-17-44(18-6-2)36(48)29-22-28(23-32(24-29)45-19-10-11-20-51(45,49)50)35(47)43-33(21-27-13-8-7-9-14-27)34(46)26-42-37(3,4)30-15-12-16-31(25-30)38(39,40)41/h7-9,12-16,22-25,33-34,42,46,49-50H,5-6,10-11,17-21,26H2,1-4H3,(H,43,47). The minimum atomic E-state index is -4.51. The maximum absolute atomic E-state index is 14.1. The van der Waals surface area contributed by atoms with Gasteiger partial charge in [0, 0.05) is 42.8 Å². The molecule has 1 fully saturated rings. The van der Waals surface area contributed by atoms with Gasteiger partial charge in [-0.2, -0.15) is 13.2 Å². The Morgan fingerprint density at radius 3 is 2.18 bits per heavy atom. The van der Waals surface area contributed by atoms with E-state index in [4.69, 9.17) is 0 Å². The average Bonchev–Trinajstić information content (AvgIpc) is 3.09. The number of carbonyl (C=O) groups excluding carboxylic acids is 2. The summed E-state index contributed by atoms with van der Waals surface area (Å²) in [6.45, 7) is 8.70. The number of alkyl halides is 3. The monoisotopic (exact) mass is 732 g/mol. The minimum Gasteiger partial charge on any atom is -0.390 e. The number of nitrogens with one attached hydrogen (secondary N) is 2. The molecular weight excluding hydrogens is 682 g/mol. The fraction of sp³-hybridized carbons (Fsp3) is 0.474. The molecule has 2 atom stereocenters. The molecule has 1 aliphatic rings. The summed E-state index contributed by atoms with van der Waals surface area (Å²) in [7, 11) is -3.17. The van der Waals surface area contributed by atoms with Crippen molar-refractivity contribution in [1.29, 1.82) is 0 Å². The molecule has 4 rings (SSSR count). The maximum Gasteiger partial charge on any atom is 0.416 e. The summed E-state index contributed by atoms with van der Waals surface area (Å²) in [5.41, 5.74) is 0.184. The van der Waals surface area contributed by atoms with Crippen molar-refractivity contribution in [2.75, 3.05) is 36.2 Å². The third-order valence-electron chi connectivity index (χ3n) is 9.12. The predicted octanol–water partition coefficient (Wildman–Crippen LogP) is 7.46. The summed E-state index contributed by atoms with van der Waals surface area (Å²) in [6.07, 6.45) is -2.62. The number of hydrogen-bond acceptors (Lipinski definition) is 7. The lowest BCUT2D eigenvalue weighted by Gasteiger charge is -2.47. The number of nitrogens with zero attached hydrogens (tertiary/aromatic N) is 2. The molecule has 0 aliphatic carbocycles. The summed E-state index contributed by atoms with van der Waals surface area (Å²) in [4.78, 5) is 29.6. The molecule has 9 nitrogen and oxygen atoms in total. The molecule has 1 heterocycles. The molecule has 1 saturated heterocycles. The van der Waals surface area contributed by atoms with Gasteiger partial charge in [0.2, 0.25) is 0 Å². The first kappa shape index (κ1) is 40.2. The maximum atomic E-state index is 14.1. The number of amides is 2. The van der Waals surface area contributed by atoms with Crippen LogP contribution in [0.5, 0.6) is 0 Å². The third-order valence-corrected chi connectivity index (χ3v) is 11.1. The van der Waals surface area contributed by atoms with Gasteiger partial charge in [0.25, 0.3) is 11.8 Å². The van der Waals surface area contributed by atoms with E-state index in [2.05, 4.69) is 10.6 Å². The van der Waals surface area contributed by atoms with Crippen molar-refractivity contribution < 1.29 is 37.0 Å². The third kappa shape index (κ3) is 10.7. The molecule has 280 valence electrons. The van der Waals surface area contributed by atoms with E-state index in [1.807, 2.05) is 44.2 Å². The number of halogens is 3. The van der Waals surface area contributed by atoms with Crippen molar-refractivity contribution >= 4 is 28.3 Å². The molecule has 0 radical (unpaired) electrons. The molecule has 13 heteroatoms. The quantitative estimate of drug-likeness (QED) is 0.110. The molecular formula is C38H51F3N4O5S. The van der Waals surface area contributed by atoms with Gasteiger partial charge in [0.05, 0.1) is 29.1 Å². The minimum absolute atomic E-state index is 0.0670. The summed E-state index contributed by atoms with van der Waals surface area (Å²) >= 11 is 0. The highest BCUT2D eigenvalue weighted by Gasteiger charge is 2.33. The molecule has 2 unspecified atom stereocenters. The lowest BCUT2D eigenvalue weighted by molar-refractivity contribution is -0.137. The number of aliphatic hydroxyl groups excluding tert-OH is 1. The van der Waals surface area contributed by atoms with Gasteiger partial charge in [0.1, 0.15) is 0 Å². The van der Waals surface area contributed by atoms with Crippen molar-refractivity contribution in [2.24, 2.45) is 0 Å². The van der Waals surface area contributed by atoms with Crippen LogP contribution < -0.4 is 14.9 Å². The normalized spacial score (nSPS) is 16.6. The van der Waals surface area contributed by atoms with Crippen LogP contribution >= 0.6 is 10.8 Å². The van der Waals surface area contributed by atoms with Crippen molar-refractivity contribution in [3.05, 3.63) is 101 Å². The molecule has 2 amide bonds. The van der Waals surface area contributed by atoms with E-state index >= 15 is 0 Å². The highest BCUT2D eigenvalue weighted by Crippen LogP contribution is 2.50. The zero-order valence-corrected chi connectivity index (χ0v) is 30.6.